The van der Waals surface area contributed by atoms with E-state index in [0.717, 1.165) is 13.0 Å². The van der Waals surface area contributed by atoms with Crippen LogP contribution in [0.25, 0.3) is 11.3 Å². The third-order valence-corrected chi connectivity index (χ3v) is 2.50. The van der Waals surface area contributed by atoms with E-state index in [9.17, 15) is 8.78 Å². The summed E-state index contributed by atoms with van der Waals surface area (Å²) in [6.45, 7) is 3.43. The van der Waals surface area contributed by atoms with Crippen LogP contribution in [0.15, 0.2) is 28.8 Å². The number of rotatable bonds is 5. The third-order valence-electron chi connectivity index (χ3n) is 2.50. The number of aromatic nitrogens is 1. The quantitative estimate of drug-likeness (QED) is 0.831. The lowest BCUT2D eigenvalue weighted by atomic mass is 10.1. The second kappa shape index (κ2) is 5.73. The summed E-state index contributed by atoms with van der Waals surface area (Å²) in [7, 11) is 0. The monoisotopic (exact) mass is 252 g/mol. The summed E-state index contributed by atoms with van der Waals surface area (Å²) in [4.78, 5) is 0. The zero-order valence-electron chi connectivity index (χ0n) is 10.0. The van der Waals surface area contributed by atoms with Gasteiger partial charge in [-0.05, 0) is 25.1 Å². The number of hydrogen-bond acceptors (Lipinski definition) is 3. The number of halogens is 2. The van der Waals surface area contributed by atoms with Crippen molar-refractivity contribution in [3.05, 3.63) is 41.6 Å². The van der Waals surface area contributed by atoms with E-state index in [1.165, 1.54) is 18.2 Å². The summed E-state index contributed by atoms with van der Waals surface area (Å²) in [6.07, 6.45) is 1.01. The summed E-state index contributed by atoms with van der Waals surface area (Å²) < 4.78 is 32.0. The maximum atomic E-state index is 13.5. The van der Waals surface area contributed by atoms with Crippen molar-refractivity contribution in [1.29, 1.82) is 0 Å². The lowest BCUT2D eigenvalue weighted by molar-refractivity contribution is 0.415. The van der Waals surface area contributed by atoms with Gasteiger partial charge in [-0.15, -0.1) is 0 Å². The highest BCUT2D eigenvalue weighted by molar-refractivity contribution is 5.59. The highest BCUT2D eigenvalue weighted by Gasteiger charge is 2.15. The Hall–Kier alpha value is -1.75. The van der Waals surface area contributed by atoms with Crippen LogP contribution in [0, 0.1) is 11.6 Å². The minimum Gasteiger partial charge on any atom is -0.356 e. The molecule has 0 unspecified atom stereocenters. The molecule has 0 aliphatic heterocycles. The largest absolute Gasteiger partial charge is 0.356 e. The van der Waals surface area contributed by atoms with Gasteiger partial charge in [-0.2, -0.15) is 0 Å². The predicted octanol–water partition coefficient (Wildman–Crippen LogP) is 3.12. The first-order valence-corrected chi connectivity index (χ1v) is 5.83. The maximum absolute atomic E-state index is 13.5. The SMILES string of the molecule is CCCNCc1cc(-c2c(F)cccc2F)on1. The van der Waals surface area contributed by atoms with Crippen LogP contribution in [0.2, 0.25) is 0 Å². The summed E-state index contributed by atoms with van der Waals surface area (Å²) in [6, 6.07) is 5.24. The molecule has 0 fully saturated rings. The summed E-state index contributed by atoms with van der Waals surface area (Å²) in [5.74, 6) is -1.20. The van der Waals surface area contributed by atoms with Gasteiger partial charge in [-0.1, -0.05) is 18.1 Å². The number of nitrogens with one attached hydrogen (secondary N) is 1. The molecular formula is C13H14F2N2O. The lowest BCUT2D eigenvalue weighted by Gasteiger charge is -1.99. The van der Waals surface area contributed by atoms with Gasteiger partial charge >= 0.3 is 0 Å². The second-order valence-corrected chi connectivity index (χ2v) is 3.96. The molecule has 1 aromatic heterocycles. The molecule has 1 aromatic carbocycles. The van der Waals surface area contributed by atoms with Crippen LogP contribution in [0.5, 0.6) is 0 Å². The van der Waals surface area contributed by atoms with E-state index in [0.29, 0.717) is 12.2 Å². The van der Waals surface area contributed by atoms with Crippen molar-refractivity contribution < 1.29 is 13.3 Å². The van der Waals surface area contributed by atoms with Crippen molar-refractivity contribution in [3.63, 3.8) is 0 Å². The molecule has 1 N–H and O–H groups in total. The molecule has 0 bridgehead atoms. The molecule has 1 heterocycles. The summed E-state index contributed by atoms with van der Waals surface area (Å²) in [5.41, 5.74) is 0.452. The fraction of sp³-hybridized carbons (Fsp3) is 0.308. The molecule has 96 valence electrons. The zero-order chi connectivity index (χ0) is 13.0. The molecule has 0 radical (unpaired) electrons. The van der Waals surface area contributed by atoms with E-state index < -0.39 is 11.6 Å². The van der Waals surface area contributed by atoms with E-state index in [-0.39, 0.29) is 11.3 Å². The Balaban J connectivity index is 2.19. The molecule has 0 spiro atoms. The second-order valence-electron chi connectivity index (χ2n) is 3.96. The molecule has 3 nitrogen and oxygen atoms in total. The lowest BCUT2D eigenvalue weighted by Crippen LogP contribution is -2.13. The first-order chi connectivity index (χ1) is 8.72. The average molecular weight is 252 g/mol. The highest BCUT2D eigenvalue weighted by Crippen LogP contribution is 2.26. The van der Waals surface area contributed by atoms with Gasteiger partial charge < -0.3 is 9.84 Å². The van der Waals surface area contributed by atoms with E-state index in [1.807, 2.05) is 0 Å². The number of nitrogens with zero attached hydrogens (tertiary/aromatic N) is 1. The molecule has 0 atom stereocenters. The maximum Gasteiger partial charge on any atom is 0.173 e. The molecule has 2 rings (SSSR count). The molecule has 0 aliphatic rings. The predicted molar refractivity (Wildman–Crippen MR) is 63.9 cm³/mol. The first-order valence-electron chi connectivity index (χ1n) is 5.83. The fourth-order valence-electron chi connectivity index (χ4n) is 1.64. The van der Waals surface area contributed by atoms with Gasteiger partial charge in [-0.25, -0.2) is 8.78 Å². The van der Waals surface area contributed by atoms with E-state index in [2.05, 4.69) is 17.4 Å². The van der Waals surface area contributed by atoms with Crippen LogP contribution in [0.4, 0.5) is 8.78 Å². The van der Waals surface area contributed by atoms with Crippen molar-refractivity contribution in [3.8, 4) is 11.3 Å². The topological polar surface area (TPSA) is 38.1 Å². The Morgan fingerprint density at radius 3 is 2.67 bits per heavy atom. The zero-order valence-corrected chi connectivity index (χ0v) is 10.0. The minimum atomic E-state index is -0.654. The highest BCUT2D eigenvalue weighted by atomic mass is 19.1. The van der Waals surface area contributed by atoms with Crippen LogP contribution in [-0.2, 0) is 6.54 Å². The molecule has 0 amide bonds. The van der Waals surface area contributed by atoms with E-state index >= 15 is 0 Å². The van der Waals surface area contributed by atoms with Gasteiger partial charge in [0.15, 0.2) is 5.76 Å². The summed E-state index contributed by atoms with van der Waals surface area (Å²) in [5, 5.41) is 6.91. The van der Waals surface area contributed by atoms with Crippen LogP contribution >= 0.6 is 0 Å². The number of hydrogen-bond donors (Lipinski definition) is 1. The molecular weight excluding hydrogens is 238 g/mol. The standard InChI is InChI=1S/C13H14F2N2O/c1-2-6-16-8-9-7-12(18-17-9)13-10(14)4-3-5-11(13)15/h3-5,7,16H,2,6,8H2,1H3. The third kappa shape index (κ3) is 2.73. The average Bonchev–Trinajstić information content (AvgIpc) is 2.78. The molecule has 2 aromatic rings. The summed E-state index contributed by atoms with van der Waals surface area (Å²) >= 11 is 0. The molecule has 18 heavy (non-hydrogen) atoms. The van der Waals surface area contributed by atoms with Gasteiger partial charge in [0.05, 0.1) is 11.3 Å². The van der Waals surface area contributed by atoms with Crippen molar-refractivity contribution in [1.82, 2.24) is 10.5 Å². The van der Waals surface area contributed by atoms with Gasteiger partial charge in [-0.3, -0.25) is 0 Å². The van der Waals surface area contributed by atoms with Crippen molar-refractivity contribution in [2.45, 2.75) is 19.9 Å². The van der Waals surface area contributed by atoms with Gasteiger partial charge in [0.2, 0.25) is 0 Å². The number of benzene rings is 1. The van der Waals surface area contributed by atoms with Crippen LogP contribution in [0.3, 0.4) is 0 Å². The van der Waals surface area contributed by atoms with Crippen LogP contribution in [-0.4, -0.2) is 11.7 Å². The first kappa shape index (κ1) is 12.7. The van der Waals surface area contributed by atoms with Gasteiger partial charge in [0.1, 0.15) is 11.6 Å². The van der Waals surface area contributed by atoms with Crippen molar-refractivity contribution >= 4 is 0 Å². The molecule has 0 saturated heterocycles. The van der Waals surface area contributed by atoms with Crippen molar-refractivity contribution in [2.24, 2.45) is 0 Å². The van der Waals surface area contributed by atoms with Gasteiger partial charge in [0, 0.05) is 12.6 Å². The van der Waals surface area contributed by atoms with Crippen LogP contribution < -0.4 is 5.32 Å². The Morgan fingerprint density at radius 2 is 2.00 bits per heavy atom. The van der Waals surface area contributed by atoms with Crippen LogP contribution in [0.1, 0.15) is 19.0 Å². The smallest absolute Gasteiger partial charge is 0.173 e. The molecule has 5 heteroatoms. The van der Waals surface area contributed by atoms with Gasteiger partial charge in [0.25, 0.3) is 0 Å². The Kier molecular flexibility index (Phi) is 4.04. The molecule has 0 saturated carbocycles. The minimum absolute atomic E-state index is 0.110. The Morgan fingerprint density at radius 1 is 1.28 bits per heavy atom. The van der Waals surface area contributed by atoms with Crippen molar-refractivity contribution in [2.75, 3.05) is 6.54 Å². The van der Waals surface area contributed by atoms with E-state index in [1.54, 1.807) is 6.07 Å². The fourth-order valence-corrected chi connectivity index (χ4v) is 1.64. The Bertz CT molecular complexity index is 505. The Labute approximate surface area is 104 Å². The van der Waals surface area contributed by atoms with E-state index in [4.69, 9.17) is 4.52 Å². The molecule has 0 aliphatic carbocycles. The normalized spacial score (nSPS) is 10.8.